The summed E-state index contributed by atoms with van der Waals surface area (Å²) in [6.07, 6.45) is 0.151. The van der Waals surface area contributed by atoms with Gasteiger partial charge in [0.05, 0.1) is 6.61 Å². The number of hydrogen-bond donors (Lipinski definition) is 1. The van der Waals surface area contributed by atoms with Gasteiger partial charge < -0.3 is 13.9 Å². The van der Waals surface area contributed by atoms with Crippen molar-refractivity contribution in [3.8, 4) is 0 Å². The minimum absolute atomic E-state index is 0.0366. The summed E-state index contributed by atoms with van der Waals surface area (Å²) >= 11 is 0. The van der Waals surface area contributed by atoms with Gasteiger partial charge in [0.15, 0.2) is 8.32 Å². The number of ether oxygens (including phenoxy) is 2. The number of aromatic amines is 1. The molecule has 0 spiro atoms. The minimum Gasteiger partial charge on any atom is -0.460 e. The molecule has 1 aliphatic heterocycles. The SMILES string of the molecule is CC(=O)O[C@@H]1C[C@@H](n2cc(C)c(=O)[nH]c2=O)O[C@H]1CO[Si](C)(C)C(C)(C)C. The smallest absolute Gasteiger partial charge is 0.330 e. The molecule has 1 fully saturated rings. The molecule has 1 N–H and O–H groups in total. The first-order valence-electron chi connectivity index (χ1n) is 9.10. The lowest BCUT2D eigenvalue weighted by molar-refractivity contribution is -0.150. The van der Waals surface area contributed by atoms with E-state index < -0.39 is 44.0 Å². The Morgan fingerprint density at radius 1 is 1.37 bits per heavy atom. The van der Waals surface area contributed by atoms with E-state index in [9.17, 15) is 14.4 Å². The number of nitrogens with one attached hydrogen (secondary N) is 1. The van der Waals surface area contributed by atoms with Crippen LogP contribution in [0, 0.1) is 6.92 Å². The molecule has 0 bridgehead atoms. The average molecular weight is 399 g/mol. The lowest BCUT2D eigenvalue weighted by Gasteiger charge is -2.37. The Balaban J connectivity index is 2.21. The fourth-order valence-electron chi connectivity index (χ4n) is 2.67. The monoisotopic (exact) mass is 398 g/mol. The number of carbonyl (C=O) groups is 1. The van der Waals surface area contributed by atoms with Crippen LogP contribution in [0.2, 0.25) is 18.1 Å². The Bertz CT molecular complexity index is 807. The number of hydrogen-bond acceptors (Lipinski definition) is 6. The number of rotatable bonds is 5. The molecule has 9 heteroatoms. The molecule has 0 aromatic carbocycles. The predicted molar refractivity (Wildman–Crippen MR) is 103 cm³/mol. The summed E-state index contributed by atoms with van der Waals surface area (Å²) in [5, 5.41) is 0.0366. The van der Waals surface area contributed by atoms with Crippen LogP contribution in [0.25, 0.3) is 0 Å². The van der Waals surface area contributed by atoms with E-state index in [1.807, 2.05) is 0 Å². The molecular weight excluding hydrogens is 368 g/mol. The van der Waals surface area contributed by atoms with E-state index in [2.05, 4.69) is 38.8 Å². The molecule has 2 rings (SSSR count). The maximum Gasteiger partial charge on any atom is 0.330 e. The highest BCUT2D eigenvalue weighted by molar-refractivity contribution is 6.74. The van der Waals surface area contributed by atoms with Crippen molar-refractivity contribution in [1.82, 2.24) is 9.55 Å². The molecule has 0 saturated carbocycles. The molecule has 152 valence electrons. The van der Waals surface area contributed by atoms with Crippen LogP contribution in [0.3, 0.4) is 0 Å². The third-order valence-corrected chi connectivity index (χ3v) is 9.87. The largest absolute Gasteiger partial charge is 0.460 e. The van der Waals surface area contributed by atoms with Gasteiger partial charge in [0, 0.05) is 25.1 Å². The van der Waals surface area contributed by atoms with E-state index in [1.165, 1.54) is 17.7 Å². The Labute approximate surface area is 160 Å². The Kier molecular flexibility index (Phi) is 6.18. The second-order valence-electron chi connectivity index (χ2n) is 8.56. The second kappa shape index (κ2) is 7.73. The highest BCUT2D eigenvalue weighted by Gasteiger charge is 2.43. The van der Waals surface area contributed by atoms with Crippen molar-refractivity contribution in [3.63, 3.8) is 0 Å². The van der Waals surface area contributed by atoms with Gasteiger partial charge >= 0.3 is 11.7 Å². The lowest BCUT2D eigenvalue weighted by Crippen LogP contribution is -2.44. The number of aryl methyl sites for hydroxylation is 1. The molecular formula is C18H30N2O6Si. The first-order chi connectivity index (χ1) is 12.3. The third kappa shape index (κ3) is 4.97. The molecule has 27 heavy (non-hydrogen) atoms. The zero-order chi connectivity index (χ0) is 20.6. The van der Waals surface area contributed by atoms with Gasteiger partial charge in [-0.1, -0.05) is 20.8 Å². The van der Waals surface area contributed by atoms with Gasteiger partial charge in [0.2, 0.25) is 0 Å². The van der Waals surface area contributed by atoms with Crippen LogP contribution in [0.15, 0.2) is 15.8 Å². The van der Waals surface area contributed by atoms with E-state index in [4.69, 9.17) is 13.9 Å². The standard InChI is InChI=1S/C18H30N2O6Si/c1-11-9-20(17(23)19-16(11)22)15-8-13(25-12(2)21)14(26-15)10-24-27(6,7)18(3,4)5/h9,13-15H,8,10H2,1-7H3,(H,19,22,23)/t13-,14+,15+/m1/s1. The number of aromatic nitrogens is 2. The number of H-pyrrole nitrogens is 1. The van der Waals surface area contributed by atoms with Crippen LogP contribution in [0.4, 0.5) is 0 Å². The molecule has 1 saturated heterocycles. The molecule has 0 radical (unpaired) electrons. The van der Waals surface area contributed by atoms with Gasteiger partial charge in [-0.15, -0.1) is 0 Å². The molecule has 8 nitrogen and oxygen atoms in total. The zero-order valence-corrected chi connectivity index (χ0v) is 18.1. The molecule has 0 amide bonds. The van der Waals surface area contributed by atoms with E-state index in [0.29, 0.717) is 12.0 Å². The lowest BCUT2D eigenvalue weighted by atomic mass is 10.2. The van der Waals surface area contributed by atoms with Crippen molar-refractivity contribution < 1.29 is 18.7 Å². The molecule has 1 aromatic heterocycles. The highest BCUT2D eigenvalue weighted by Crippen LogP contribution is 2.38. The number of nitrogens with zero attached hydrogens (tertiary/aromatic N) is 1. The first-order valence-corrected chi connectivity index (χ1v) is 12.0. The molecule has 0 aliphatic carbocycles. The summed E-state index contributed by atoms with van der Waals surface area (Å²) in [6, 6.07) is 0. The van der Waals surface area contributed by atoms with Crippen molar-refractivity contribution in [2.75, 3.05) is 6.61 Å². The third-order valence-electron chi connectivity index (χ3n) is 5.37. The first kappa shape index (κ1) is 21.6. The van der Waals surface area contributed by atoms with E-state index >= 15 is 0 Å². The van der Waals surface area contributed by atoms with Gasteiger partial charge in [-0.3, -0.25) is 19.1 Å². The van der Waals surface area contributed by atoms with Gasteiger partial charge in [-0.05, 0) is 25.1 Å². The summed E-state index contributed by atoms with van der Waals surface area (Å²) in [4.78, 5) is 37.5. The second-order valence-corrected chi connectivity index (χ2v) is 13.4. The normalized spacial score (nSPS) is 23.4. The number of carbonyl (C=O) groups excluding carboxylic acids is 1. The van der Waals surface area contributed by atoms with Gasteiger partial charge in [0.25, 0.3) is 5.56 Å². The maximum absolute atomic E-state index is 12.2. The maximum atomic E-state index is 12.2. The summed E-state index contributed by atoms with van der Waals surface area (Å²) in [5.74, 6) is -0.411. The van der Waals surface area contributed by atoms with Crippen LogP contribution in [-0.4, -0.2) is 42.7 Å². The highest BCUT2D eigenvalue weighted by atomic mass is 28.4. The molecule has 1 aliphatic rings. The predicted octanol–water partition coefficient (Wildman–Crippen LogP) is 2.09. The van der Waals surface area contributed by atoms with Crippen molar-refractivity contribution in [3.05, 3.63) is 32.6 Å². The fraction of sp³-hybridized carbons (Fsp3) is 0.722. The summed E-state index contributed by atoms with van der Waals surface area (Å²) in [7, 11) is -2.01. The van der Waals surface area contributed by atoms with E-state index in [1.54, 1.807) is 6.92 Å². The van der Waals surface area contributed by atoms with Crippen LogP contribution >= 0.6 is 0 Å². The van der Waals surface area contributed by atoms with Gasteiger partial charge in [-0.25, -0.2) is 4.79 Å². The van der Waals surface area contributed by atoms with E-state index in [-0.39, 0.29) is 11.6 Å². The van der Waals surface area contributed by atoms with Crippen molar-refractivity contribution in [2.45, 2.75) is 77.6 Å². The average Bonchev–Trinajstić information content (AvgIpc) is 2.89. The van der Waals surface area contributed by atoms with Gasteiger partial charge in [0.1, 0.15) is 18.4 Å². The van der Waals surface area contributed by atoms with Crippen molar-refractivity contribution in [2.24, 2.45) is 0 Å². The summed E-state index contributed by atoms with van der Waals surface area (Å²) < 4.78 is 19.0. The zero-order valence-electron chi connectivity index (χ0n) is 17.1. The molecule has 0 unspecified atom stereocenters. The topological polar surface area (TPSA) is 99.6 Å². The van der Waals surface area contributed by atoms with Crippen molar-refractivity contribution >= 4 is 14.3 Å². The Morgan fingerprint density at radius 3 is 2.56 bits per heavy atom. The van der Waals surface area contributed by atoms with Crippen LogP contribution in [0.1, 0.15) is 45.9 Å². The van der Waals surface area contributed by atoms with Crippen molar-refractivity contribution in [1.29, 1.82) is 0 Å². The Hall–Kier alpha value is -1.71. The van der Waals surface area contributed by atoms with Crippen LogP contribution in [-0.2, 0) is 18.7 Å². The molecule has 2 heterocycles. The van der Waals surface area contributed by atoms with Crippen LogP contribution < -0.4 is 11.2 Å². The fourth-order valence-corrected chi connectivity index (χ4v) is 3.68. The van der Waals surface area contributed by atoms with Crippen LogP contribution in [0.5, 0.6) is 0 Å². The summed E-state index contributed by atoms with van der Waals surface area (Å²) in [6.45, 7) is 13.9. The number of esters is 1. The Morgan fingerprint density at radius 2 is 2.00 bits per heavy atom. The quantitative estimate of drug-likeness (QED) is 0.602. The van der Waals surface area contributed by atoms with Gasteiger partial charge in [-0.2, -0.15) is 0 Å². The van der Waals surface area contributed by atoms with E-state index in [0.717, 1.165) is 0 Å². The molecule has 3 atom stereocenters. The summed E-state index contributed by atoms with van der Waals surface area (Å²) in [5.41, 5.74) is -0.574. The molecule has 1 aromatic rings. The minimum atomic E-state index is -2.01.